The van der Waals surface area contributed by atoms with E-state index in [1.807, 2.05) is 30.3 Å². The summed E-state index contributed by atoms with van der Waals surface area (Å²) in [5.74, 6) is 0.0799. The molecule has 26 heavy (non-hydrogen) atoms. The van der Waals surface area contributed by atoms with Gasteiger partial charge in [-0.05, 0) is 31.9 Å². The number of rotatable bonds is 8. The Bertz CT molecular complexity index is 771. The molecule has 2 N–H and O–H groups in total. The van der Waals surface area contributed by atoms with Crippen molar-refractivity contribution in [2.75, 3.05) is 11.9 Å². The zero-order chi connectivity index (χ0) is 19.3. The Kier molecular flexibility index (Phi) is 6.32. The fourth-order valence-corrected chi connectivity index (χ4v) is 2.72. The summed E-state index contributed by atoms with van der Waals surface area (Å²) in [5.41, 5.74) is 1.65. The Morgan fingerprint density at radius 3 is 2.46 bits per heavy atom. The summed E-state index contributed by atoms with van der Waals surface area (Å²) in [6.45, 7) is 7.73. The number of nitro groups is 1. The van der Waals surface area contributed by atoms with Gasteiger partial charge in [0, 0.05) is 18.3 Å². The molecule has 8 heteroatoms. The number of hydrogen-bond donors (Lipinski definition) is 2. The predicted octanol–water partition coefficient (Wildman–Crippen LogP) is 2.66. The van der Waals surface area contributed by atoms with Crippen LogP contribution in [0.15, 0.2) is 30.3 Å². The first-order chi connectivity index (χ1) is 12.3. The lowest BCUT2D eigenvalue weighted by atomic mass is 10.0. The molecule has 0 aliphatic heterocycles. The molecule has 1 unspecified atom stereocenters. The largest absolute Gasteiger partial charge is 0.380 e. The summed E-state index contributed by atoms with van der Waals surface area (Å²) >= 11 is 0. The van der Waals surface area contributed by atoms with Crippen molar-refractivity contribution in [3.63, 3.8) is 0 Å². The summed E-state index contributed by atoms with van der Waals surface area (Å²) < 4.78 is 1.37. The number of carbonyl (C=O) groups excluding carboxylic acids is 1. The minimum atomic E-state index is -0.468. The Morgan fingerprint density at radius 1 is 1.27 bits per heavy atom. The Hall–Kier alpha value is -2.90. The van der Waals surface area contributed by atoms with Gasteiger partial charge in [-0.25, -0.2) is 0 Å². The average Bonchev–Trinajstić information content (AvgIpc) is 2.85. The van der Waals surface area contributed by atoms with Crippen molar-refractivity contribution in [1.82, 2.24) is 15.1 Å². The number of nitrogens with zero attached hydrogens (tertiary/aromatic N) is 3. The van der Waals surface area contributed by atoms with Crippen molar-refractivity contribution >= 4 is 17.3 Å². The molecule has 0 saturated carbocycles. The van der Waals surface area contributed by atoms with Crippen LogP contribution in [0.2, 0.25) is 0 Å². The normalized spacial score (nSPS) is 12.0. The van der Waals surface area contributed by atoms with Gasteiger partial charge in [0.2, 0.25) is 5.91 Å². The maximum atomic E-state index is 12.3. The number of para-hydroxylation sites is 1. The number of aryl methyl sites for hydroxylation is 1. The lowest BCUT2D eigenvalue weighted by molar-refractivity contribution is -0.386. The van der Waals surface area contributed by atoms with Crippen LogP contribution in [-0.4, -0.2) is 33.2 Å². The highest BCUT2D eigenvalue weighted by Crippen LogP contribution is 2.21. The molecule has 1 amide bonds. The molecule has 8 nitrogen and oxygen atoms in total. The molecule has 1 aromatic heterocycles. The first kappa shape index (κ1) is 19.4. The van der Waals surface area contributed by atoms with Crippen molar-refractivity contribution in [3.05, 3.63) is 51.8 Å². The van der Waals surface area contributed by atoms with Gasteiger partial charge in [-0.15, -0.1) is 0 Å². The number of carbonyl (C=O) groups is 1. The van der Waals surface area contributed by atoms with Gasteiger partial charge in [-0.2, -0.15) is 5.10 Å². The van der Waals surface area contributed by atoms with Crippen LogP contribution in [0, 0.1) is 29.9 Å². The van der Waals surface area contributed by atoms with Crippen LogP contribution in [0.25, 0.3) is 0 Å². The number of anilines is 1. The third-order valence-electron chi connectivity index (χ3n) is 4.27. The highest BCUT2D eigenvalue weighted by molar-refractivity contribution is 5.76. The third-order valence-corrected chi connectivity index (χ3v) is 4.27. The molecule has 2 rings (SSSR count). The number of amides is 1. The first-order valence-corrected chi connectivity index (χ1v) is 8.56. The maximum Gasteiger partial charge on any atom is 0.312 e. The lowest BCUT2D eigenvalue weighted by Gasteiger charge is -2.24. The van der Waals surface area contributed by atoms with E-state index in [9.17, 15) is 14.9 Å². The lowest BCUT2D eigenvalue weighted by Crippen LogP contribution is -2.41. The van der Waals surface area contributed by atoms with Crippen LogP contribution in [0.5, 0.6) is 0 Å². The van der Waals surface area contributed by atoms with E-state index >= 15 is 0 Å². The fourth-order valence-electron chi connectivity index (χ4n) is 2.72. The summed E-state index contributed by atoms with van der Waals surface area (Å²) in [5, 5.41) is 21.4. The zero-order valence-electron chi connectivity index (χ0n) is 15.5. The van der Waals surface area contributed by atoms with Gasteiger partial charge in [0.05, 0.1) is 4.92 Å². The quantitative estimate of drug-likeness (QED) is 0.557. The smallest absolute Gasteiger partial charge is 0.312 e. The minimum absolute atomic E-state index is 0.0383. The number of nitrogens with one attached hydrogen (secondary N) is 2. The zero-order valence-corrected chi connectivity index (χ0v) is 15.5. The average molecular weight is 359 g/mol. The summed E-state index contributed by atoms with van der Waals surface area (Å²) in [6, 6.07) is 9.88. The number of aromatic nitrogens is 2. The van der Waals surface area contributed by atoms with Crippen LogP contribution in [-0.2, 0) is 11.3 Å². The second-order valence-corrected chi connectivity index (χ2v) is 6.60. The standard InChI is InChI=1S/C18H25N5O3/c1-12(2)16(20-15-8-6-5-7-9-15)10-19-17(24)11-22-14(4)18(23(25)26)13(3)21-22/h5-9,12,16,20H,10-11H2,1-4H3,(H,19,24). The summed E-state index contributed by atoms with van der Waals surface area (Å²) in [7, 11) is 0. The van der Waals surface area contributed by atoms with E-state index in [0.29, 0.717) is 23.9 Å². The molecular weight excluding hydrogens is 334 g/mol. The van der Waals surface area contributed by atoms with Crippen molar-refractivity contribution in [1.29, 1.82) is 0 Å². The van der Waals surface area contributed by atoms with E-state index in [1.54, 1.807) is 13.8 Å². The van der Waals surface area contributed by atoms with Gasteiger partial charge >= 0.3 is 5.69 Å². The van der Waals surface area contributed by atoms with Gasteiger partial charge in [0.25, 0.3) is 0 Å². The molecule has 0 fully saturated rings. The van der Waals surface area contributed by atoms with E-state index in [-0.39, 0.29) is 24.2 Å². The molecule has 0 saturated heterocycles. The Morgan fingerprint density at radius 2 is 1.92 bits per heavy atom. The topological polar surface area (TPSA) is 102 Å². The first-order valence-electron chi connectivity index (χ1n) is 8.56. The van der Waals surface area contributed by atoms with Crippen LogP contribution in [0.1, 0.15) is 25.2 Å². The summed E-state index contributed by atoms with van der Waals surface area (Å²) in [4.78, 5) is 22.8. The van der Waals surface area contributed by atoms with Gasteiger partial charge in [-0.1, -0.05) is 32.0 Å². The van der Waals surface area contributed by atoms with Crippen LogP contribution < -0.4 is 10.6 Å². The number of hydrogen-bond acceptors (Lipinski definition) is 5. The van der Waals surface area contributed by atoms with E-state index in [4.69, 9.17) is 0 Å². The van der Waals surface area contributed by atoms with Crippen LogP contribution >= 0.6 is 0 Å². The SMILES string of the molecule is Cc1nn(CC(=O)NCC(Nc2ccccc2)C(C)C)c(C)c1[N+](=O)[O-]. The van der Waals surface area contributed by atoms with Gasteiger partial charge in [-0.3, -0.25) is 19.6 Å². The van der Waals surface area contributed by atoms with Crippen molar-refractivity contribution in [2.45, 2.75) is 40.3 Å². The molecule has 2 aromatic rings. The molecule has 1 atom stereocenters. The molecule has 1 aromatic carbocycles. The molecule has 0 aliphatic carbocycles. The van der Waals surface area contributed by atoms with E-state index in [2.05, 4.69) is 29.6 Å². The van der Waals surface area contributed by atoms with E-state index in [1.165, 1.54) is 4.68 Å². The second kappa shape index (κ2) is 8.46. The van der Waals surface area contributed by atoms with E-state index in [0.717, 1.165) is 5.69 Å². The molecule has 0 radical (unpaired) electrons. The molecule has 0 spiro atoms. The van der Waals surface area contributed by atoms with Crippen LogP contribution in [0.4, 0.5) is 11.4 Å². The summed E-state index contributed by atoms with van der Waals surface area (Å²) in [6.07, 6.45) is 0. The van der Waals surface area contributed by atoms with Crippen molar-refractivity contribution in [3.8, 4) is 0 Å². The second-order valence-electron chi connectivity index (χ2n) is 6.60. The van der Waals surface area contributed by atoms with Crippen molar-refractivity contribution < 1.29 is 9.72 Å². The minimum Gasteiger partial charge on any atom is -0.380 e. The Labute approximate surface area is 152 Å². The number of benzene rings is 1. The van der Waals surface area contributed by atoms with Crippen LogP contribution in [0.3, 0.4) is 0 Å². The fraction of sp³-hybridized carbons (Fsp3) is 0.444. The highest BCUT2D eigenvalue weighted by atomic mass is 16.6. The van der Waals surface area contributed by atoms with Crippen molar-refractivity contribution in [2.24, 2.45) is 5.92 Å². The molecule has 0 aliphatic rings. The Balaban J connectivity index is 1.96. The van der Waals surface area contributed by atoms with Gasteiger partial charge < -0.3 is 10.6 Å². The highest BCUT2D eigenvalue weighted by Gasteiger charge is 2.23. The maximum absolute atomic E-state index is 12.3. The third kappa shape index (κ3) is 4.81. The molecule has 1 heterocycles. The monoisotopic (exact) mass is 359 g/mol. The molecule has 140 valence electrons. The predicted molar refractivity (Wildman–Crippen MR) is 100 cm³/mol. The van der Waals surface area contributed by atoms with E-state index < -0.39 is 4.92 Å². The molecule has 0 bridgehead atoms. The van der Waals surface area contributed by atoms with Gasteiger partial charge in [0.1, 0.15) is 17.9 Å². The van der Waals surface area contributed by atoms with Gasteiger partial charge in [0.15, 0.2) is 0 Å². The molecular formula is C18H25N5O3.